The van der Waals surface area contributed by atoms with Gasteiger partial charge in [0.25, 0.3) is 0 Å². The van der Waals surface area contributed by atoms with Crippen molar-refractivity contribution in [1.82, 2.24) is 15.3 Å². The molecule has 3 rings (SSSR count). The Balaban J connectivity index is 1.49. The zero-order chi connectivity index (χ0) is 20.1. The van der Waals surface area contributed by atoms with Crippen LogP contribution in [0.1, 0.15) is 23.7 Å². The van der Waals surface area contributed by atoms with Gasteiger partial charge in [0.1, 0.15) is 11.7 Å². The van der Waals surface area contributed by atoms with Crippen molar-refractivity contribution >= 4 is 29.7 Å². The second-order valence-corrected chi connectivity index (χ2v) is 6.45. The molecule has 1 aliphatic rings. The van der Waals surface area contributed by atoms with Gasteiger partial charge in [-0.25, -0.2) is 4.98 Å². The van der Waals surface area contributed by atoms with Crippen molar-refractivity contribution in [2.75, 3.05) is 11.9 Å². The normalized spacial score (nSPS) is 19.1. The fraction of sp³-hybridized carbons (Fsp3) is 0.278. The molecular formula is C18H20N6O4. The van der Waals surface area contributed by atoms with Crippen LogP contribution in [-0.2, 0) is 14.4 Å². The number of nitrogens with zero attached hydrogens (tertiary/aromatic N) is 2. The number of hydrogen-bond donors (Lipinski definition) is 5. The SMILES string of the molecule is NN=Cc1ccc(NC(=O)C2CC2C(=O)NCC(C(=O)O)c2ncc[nH]2)cc1. The highest BCUT2D eigenvalue weighted by Gasteiger charge is 2.48. The lowest BCUT2D eigenvalue weighted by molar-refractivity contribution is -0.139. The third-order valence-electron chi connectivity index (χ3n) is 4.49. The first-order valence-corrected chi connectivity index (χ1v) is 8.63. The molecule has 1 aromatic heterocycles. The van der Waals surface area contributed by atoms with Crippen LogP contribution < -0.4 is 16.5 Å². The topological polar surface area (TPSA) is 163 Å². The maximum Gasteiger partial charge on any atom is 0.316 e. The summed E-state index contributed by atoms with van der Waals surface area (Å²) in [6, 6.07) is 6.94. The quantitative estimate of drug-likeness (QED) is 0.249. The van der Waals surface area contributed by atoms with Crippen LogP contribution >= 0.6 is 0 Å². The minimum absolute atomic E-state index is 0.101. The second kappa shape index (κ2) is 8.33. The molecule has 146 valence electrons. The van der Waals surface area contributed by atoms with E-state index in [0.717, 1.165) is 5.56 Å². The van der Waals surface area contributed by atoms with E-state index in [1.807, 2.05) is 0 Å². The van der Waals surface area contributed by atoms with E-state index in [9.17, 15) is 19.5 Å². The number of carbonyl (C=O) groups excluding carboxylic acids is 2. The van der Waals surface area contributed by atoms with Crippen LogP contribution in [0.2, 0.25) is 0 Å². The van der Waals surface area contributed by atoms with Crippen molar-refractivity contribution in [2.45, 2.75) is 12.3 Å². The van der Waals surface area contributed by atoms with Crippen molar-refractivity contribution in [3.05, 3.63) is 48.0 Å². The first kappa shape index (κ1) is 19.1. The maximum atomic E-state index is 12.3. The number of carbonyl (C=O) groups is 3. The number of nitrogens with one attached hydrogen (secondary N) is 3. The summed E-state index contributed by atoms with van der Waals surface area (Å²) in [7, 11) is 0. The van der Waals surface area contributed by atoms with Crippen LogP contribution in [0.25, 0.3) is 0 Å². The van der Waals surface area contributed by atoms with E-state index in [4.69, 9.17) is 5.84 Å². The van der Waals surface area contributed by atoms with Gasteiger partial charge in [0.05, 0.1) is 18.1 Å². The molecule has 10 nitrogen and oxygen atoms in total. The highest BCUT2D eigenvalue weighted by Crippen LogP contribution is 2.39. The zero-order valence-electron chi connectivity index (χ0n) is 14.8. The number of aromatic amines is 1. The number of anilines is 1. The van der Waals surface area contributed by atoms with Crippen LogP contribution in [0, 0.1) is 11.8 Å². The van der Waals surface area contributed by atoms with Gasteiger partial charge >= 0.3 is 5.97 Å². The molecule has 3 unspecified atom stereocenters. The molecule has 1 aromatic carbocycles. The molecule has 0 spiro atoms. The second-order valence-electron chi connectivity index (χ2n) is 6.45. The molecule has 1 aliphatic carbocycles. The monoisotopic (exact) mass is 384 g/mol. The van der Waals surface area contributed by atoms with Gasteiger partial charge in [0.15, 0.2) is 0 Å². The summed E-state index contributed by atoms with van der Waals surface area (Å²) in [4.78, 5) is 42.5. The minimum Gasteiger partial charge on any atom is -0.481 e. The summed E-state index contributed by atoms with van der Waals surface area (Å²) >= 11 is 0. The number of hydrazone groups is 1. The Hall–Kier alpha value is -3.69. The summed E-state index contributed by atoms with van der Waals surface area (Å²) < 4.78 is 0. The predicted octanol–water partition coefficient (Wildman–Crippen LogP) is 0.262. The predicted molar refractivity (Wildman–Crippen MR) is 100 cm³/mol. The number of rotatable bonds is 8. The Kier molecular flexibility index (Phi) is 5.68. The number of nitrogens with two attached hydrogens (primary N) is 1. The number of hydrogen-bond acceptors (Lipinski definition) is 6. The molecule has 2 amide bonds. The molecule has 2 aromatic rings. The third kappa shape index (κ3) is 4.53. The van der Waals surface area contributed by atoms with Gasteiger partial charge in [-0.05, 0) is 24.1 Å². The molecule has 0 saturated heterocycles. The van der Waals surface area contributed by atoms with Crippen LogP contribution in [0.15, 0.2) is 41.8 Å². The Morgan fingerprint density at radius 1 is 1.29 bits per heavy atom. The first-order chi connectivity index (χ1) is 13.5. The van der Waals surface area contributed by atoms with Gasteiger partial charge in [-0.2, -0.15) is 5.10 Å². The fourth-order valence-electron chi connectivity index (χ4n) is 2.85. The van der Waals surface area contributed by atoms with E-state index in [1.165, 1.54) is 18.6 Å². The van der Waals surface area contributed by atoms with Crippen molar-refractivity contribution in [3.8, 4) is 0 Å². The van der Waals surface area contributed by atoms with E-state index in [1.54, 1.807) is 24.3 Å². The van der Waals surface area contributed by atoms with Crippen molar-refractivity contribution < 1.29 is 19.5 Å². The summed E-state index contributed by atoms with van der Waals surface area (Å²) in [5.74, 6) is 1.80. The molecule has 10 heteroatoms. The van der Waals surface area contributed by atoms with Crippen molar-refractivity contribution in [3.63, 3.8) is 0 Å². The zero-order valence-corrected chi connectivity index (χ0v) is 14.8. The number of H-pyrrole nitrogens is 1. The molecule has 1 fully saturated rings. The number of amides is 2. The lowest BCUT2D eigenvalue weighted by atomic mass is 10.1. The van der Waals surface area contributed by atoms with Crippen LogP contribution in [0.3, 0.4) is 0 Å². The van der Waals surface area contributed by atoms with Crippen LogP contribution in [-0.4, -0.2) is 45.6 Å². The van der Waals surface area contributed by atoms with Crippen LogP contribution in [0.5, 0.6) is 0 Å². The Morgan fingerprint density at radius 3 is 2.61 bits per heavy atom. The van der Waals surface area contributed by atoms with E-state index in [2.05, 4.69) is 25.7 Å². The first-order valence-electron chi connectivity index (χ1n) is 8.63. The average molecular weight is 384 g/mol. The highest BCUT2D eigenvalue weighted by atomic mass is 16.4. The lowest BCUT2D eigenvalue weighted by Crippen LogP contribution is -2.34. The largest absolute Gasteiger partial charge is 0.481 e. The van der Waals surface area contributed by atoms with E-state index < -0.39 is 23.7 Å². The number of carboxylic acids is 1. The van der Waals surface area contributed by atoms with E-state index in [-0.39, 0.29) is 24.2 Å². The number of imidazole rings is 1. The molecule has 0 aliphatic heterocycles. The molecule has 28 heavy (non-hydrogen) atoms. The molecule has 1 heterocycles. The summed E-state index contributed by atoms with van der Waals surface area (Å²) in [5.41, 5.74) is 1.41. The van der Waals surface area contributed by atoms with Gasteiger partial charge in [-0.1, -0.05) is 12.1 Å². The number of carboxylic acid groups (broad SMARTS) is 1. The maximum absolute atomic E-state index is 12.3. The Bertz CT molecular complexity index is 878. The molecule has 1 saturated carbocycles. The highest BCUT2D eigenvalue weighted by molar-refractivity contribution is 5.99. The van der Waals surface area contributed by atoms with E-state index in [0.29, 0.717) is 12.1 Å². The van der Waals surface area contributed by atoms with Gasteiger partial charge in [0.2, 0.25) is 11.8 Å². The minimum atomic E-state index is -1.09. The fourth-order valence-corrected chi connectivity index (χ4v) is 2.85. The van der Waals surface area contributed by atoms with Crippen LogP contribution in [0.4, 0.5) is 5.69 Å². The molecule has 3 atom stereocenters. The van der Waals surface area contributed by atoms with Gasteiger partial charge < -0.3 is 26.6 Å². The van der Waals surface area contributed by atoms with Crippen molar-refractivity contribution in [2.24, 2.45) is 22.8 Å². The molecular weight excluding hydrogens is 364 g/mol. The summed E-state index contributed by atoms with van der Waals surface area (Å²) in [5, 5.41) is 18.1. The number of benzene rings is 1. The summed E-state index contributed by atoms with van der Waals surface area (Å²) in [6.45, 7) is -0.101. The molecule has 0 bridgehead atoms. The van der Waals surface area contributed by atoms with Gasteiger partial charge in [0, 0.05) is 24.6 Å². The van der Waals surface area contributed by atoms with Crippen molar-refractivity contribution in [1.29, 1.82) is 0 Å². The number of aliphatic carboxylic acids is 1. The summed E-state index contributed by atoms with van der Waals surface area (Å²) in [6.07, 6.45) is 4.88. The molecule has 6 N–H and O–H groups in total. The average Bonchev–Trinajstić information content (AvgIpc) is 3.31. The third-order valence-corrected chi connectivity index (χ3v) is 4.49. The van der Waals surface area contributed by atoms with Gasteiger partial charge in [-0.3, -0.25) is 14.4 Å². The standard InChI is InChI=1S/C18H20N6O4/c19-23-8-10-1-3-11(4-2-10)24-17(26)13-7-12(13)16(25)22-9-14(18(27)28)15-20-5-6-21-15/h1-6,8,12-14H,7,9,19H2,(H,20,21)(H,22,25)(H,24,26)(H,27,28). The smallest absolute Gasteiger partial charge is 0.316 e. The van der Waals surface area contributed by atoms with E-state index >= 15 is 0 Å². The Labute approximate surface area is 160 Å². The Morgan fingerprint density at radius 2 is 2.00 bits per heavy atom. The van der Waals surface area contributed by atoms with Gasteiger partial charge in [-0.15, -0.1) is 0 Å². The molecule has 0 radical (unpaired) electrons. The number of aromatic nitrogens is 2. The lowest BCUT2D eigenvalue weighted by Gasteiger charge is -2.11.